The second-order valence-electron chi connectivity index (χ2n) is 7.34. The molecule has 1 aliphatic heterocycles. The van der Waals surface area contributed by atoms with Crippen LogP contribution in [0.15, 0.2) is 85.1 Å². The number of fused-ring (bicyclic) bond motifs is 1. The molecule has 2 amide bonds. The highest BCUT2D eigenvalue weighted by atomic mass is 16.2. The zero-order chi connectivity index (χ0) is 21.6. The lowest BCUT2D eigenvalue weighted by atomic mass is 9.93. The van der Waals surface area contributed by atoms with E-state index in [-0.39, 0.29) is 24.3 Å². The molecular weight excluding hydrogens is 384 g/mol. The van der Waals surface area contributed by atoms with Crippen LogP contribution in [0.1, 0.15) is 41.6 Å². The molecule has 3 aromatic carbocycles. The van der Waals surface area contributed by atoms with Crippen LogP contribution >= 0.6 is 0 Å². The number of benzene rings is 3. The molecule has 0 bridgehead atoms. The first-order chi connectivity index (χ1) is 15.1. The van der Waals surface area contributed by atoms with Crippen molar-refractivity contribution in [2.45, 2.75) is 19.4 Å². The van der Waals surface area contributed by atoms with E-state index in [0.717, 1.165) is 22.3 Å². The summed E-state index contributed by atoms with van der Waals surface area (Å²) in [6, 6.07) is 24.7. The number of hydrogen-bond acceptors (Lipinski definition) is 2. The first-order valence-electron chi connectivity index (χ1n) is 10.1. The highest BCUT2D eigenvalue weighted by molar-refractivity contribution is 5.92. The molecule has 1 unspecified atom stereocenters. The summed E-state index contributed by atoms with van der Waals surface area (Å²) in [4.78, 5) is 26.6. The molecule has 0 fully saturated rings. The number of nitrogens with zero attached hydrogens (tertiary/aromatic N) is 1. The molecule has 4 nitrogen and oxygen atoms in total. The summed E-state index contributed by atoms with van der Waals surface area (Å²) in [5.41, 5.74) is 4.43. The molecule has 0 radical (unpaired) electrons. The SMILES string of the molecule is CC(=O)N1C=Cc2ccccc2C1CC(=O)Nc1cccc(C#Cc2ccccc2)c1. The first kappa shape index (κ1) is 20.2. The molecule has 0 saturated carbocycles. The second-order valence-corrected chi connectivity index (χ2v) is 7.34. The lowest BCUT2D eigenvalue weighted by molar-refractivity contribution is -0.129. The van der Waals surface area contributed by atoms with Crippen molar-refractivity contribution in [1.29, 1.82) is 0 Å². The summed E-state index contributed by atoms with van der Waals surface area (Å²) in [6.45, 7) is 1.51. The number of hydrogen-bond donors (Lipinski definition) is 1. The predicted molar refractivity (Wildman–Crippen MR) is 123 cm³/mol. The van der Waals surface area contributed by atoms with Crippen LogP contribution in [-0.4, -0.2) is 16.7 Å². The van der Waals surface area contributed by atoms with Crippen molar-refractivity contribution in [3.05, 3.63) is 107 Å². The van der Waals surface area contributed by atoms with Crippen LogP contribution in [-0.2, 0) is 9.59 Å². The molecule has 1 N–H and O–H groups in total. The van der Waals surface area contributed by atoms with E-state index in [9.17, 15) is 9.59 Å². The number of rotatable bonds is 3. The molecular formula is C27H22N2O2. The zero-order valence-corrected chi connectivity index (χ0v) is 17.2. The lowest BCUT2D eigenvalue weighted by Crippen LogP contribution is -2.33. The molecule has 4 rings (SSSR count). The Kier molecular flexibility index (Phi) is 5.96. The number of nitrogens with one attached hydrogen (secondary N) is 1. The fourth-order valence-electron chi connectivity index (χ4n) is 3.64. The van der Waals surface area contributed by atoms with Crippen LogP contribution in [0.4, 0.5) is 5.69 Å². The van der Waals surface area contributed by atoms with Gasteiger partial charge in [-0.2, -0.15) is 0 Å². The van der Waals surface area contributed by atoms with Crippen molar-refractivity contribution in [3.63, 3.8) is 0 Å². The van der Waals surface area contributed by atoms with E-state index < -0.39 is 0 Å². The molecule has 0 aliphatic carbocycles. The minimum absolute atomic E-state index is 0.0956. The van der Waals surface area contributed by atoms with E-state index in [0.29, 0.717) is 5.69 Å². The average molecular weight is 406 g/mol. The Morgan fingerprint density at radius 1 is 0.903 bits per heavy atom. The van der Waals surface area contributed by atoms with Crippen molar-refractivity contribution < 1.29 is 9.59 Å². The Morgan fingerprint density at radius 2 is 1.61 bits per heavy atom. The van der Waals surface area contributed by atoms with Gasteiger partial charge in [-0.1, -0.05) is 60.4 Å². The van der Waals surface area contributed by atoms with Gasteiger partial charge in [0.15, 0.2) is 0 Å². The molecule has 4 heteroatoms. The monoisotopic (exact) mass is 406 g/mol. The highest BCUT2D eigenvalue weighted by Crippen LogP contribution is 2.33. The normalized spacial score (nSPS) is 14.2. The van der Waals surface area contributed by atoms with Crippen LogP contribution in [0, 0.1) is 11.8 Å². The van der Waals surface area contributed by atoms with Gasteiger partial charge in [0, 0.05) is 29.9 Å². The van der Waals surface area contributed by atoms with Crippen LogP contribution in [0.3, 0.4) is 0 Å². The largest absolute Gasteiger partial charge is 0.326 e. The number of carbonyl (C=O) groups is 2. The van der Waals surface area contributed by atoms with Crippen molar-refractivity contribution in [2.24, 2.45) is 0 Å². The fourth-order valence-corrected chi connectivity index (χ4v) is 3.64. The molecule has 3 aromatic rings. The Hall–Kier alpha value is -4.10. The van der Waals surface area contributed by atoms with Crippen molar-refractivity contribution >= 4 is 23.6 Å². The summed E-state index contributed by atoms with van der Waals surface area (Å²) in [6.07, 6.45) is 3.82. The van der Waals surface area contributed by atoms with Crippen molar-refractivity contribution in [3.8, 4) is 11.8 Å². The minimum Gasteiger partial charge on any atom is -0.326 e. The van der Waals surface area contributed by atoms with Gasteiger partial charge in [-0.3, -0.25) is 9.59 Å². The zero-order valence-electron chi connectivity index (χ0n) is 17.2. The van der Waals surface area contributed by atoms with Gasteiger partial charge < -0.3 is 10.2 Å². The van der Waals surface area contributed by atoms with E-state index in [1.165, 1.54) is 6.92 Å². The average Bonchev–Trinajstić information content (AvgIpc) is 2.78. The number of anilines is 1. The quantitative estimate of drug-likeness (QED) is 0.623. The summed E-state index contributed by atoms with van der Waals surface area (Å²) < 4.78 is 0. The van der Waals surface area contributed by atoms with E-state index >= 15 is 0 Å². The molecule has 0 saturated heterocycles. The van der Waals surface area contributed by atoms with Gasteiger partial charge in [0.05, 0.1) is 12.5 Å². The molecule has 1 aliphatic rings. The maximum atomic E-state index is 12.8. The number of carbonyl (C=O) groups excluding carboxylic acids is 2. The topological polar surface area (TPSA) is 49.4 Å². The second kappa shape index (κ2) is 9.15. The molecule has 1 atom stereocenters. The lowest BCUT2D eigenvalue weighted by Gasteiger charge is -2.32. The summed E-state index contributed by atoms with van der Waals surface area (Å²) in [5.74, 6) is 6.00. The van der Waals surface area contributed by atoms with Crippen LogP contribution in [0.25, 0.3) is 6.08 Å². The molecule has 31 heavy (non-hydrogen) atoms. The highest BCUT2D eigenvalue weighted by Gasteiger charge is 2.28. The molecule has 0 aromatic heterocycles. The summed E-state index contributed by atoms with van der Waals surface area (Å²) >= 11 is 0. The van der Waals surface area contributed by atoms with Gasteiger partial charge in [-0.25, -0.2) is 0 Å². The standard InChI is InChI=1S/C27H22N2O2/c1-20(30)29-17-16-23-11-5-6-13-25(23)26(29)19-27(31)28-24-12-7-10-22(18-24)15-14-21-8-3-2-4-9-21/h2-13,16-18,26H,19H2,1H3,(H,28,31). The van der Waals surface area contributed by atoms with E-state index in [2.05, 4.69) is 17.2 Å². The maximum Gasteiger partial charge on any atom is 0.226 e. The predicted octanol–water partition coefficient (Wildman–Crippen LogP) is 4.99. The van der Waals surface area contributed by atoms with Crippen LogP contribution in [0.5, 0.6) is 0 Å². The molecule has 152 valence electrons. The Morgan fingerprint density at radius 3 is 2.42 bits per heavy atom. The Bertz CT molecular complexity index is 1200. The van der Waals surface area contributed by atoms with Gasteiger partial charge in [0.25, 0.3) is 0 Å². The molecule has 0 spiro atoms. The summed E-state index contributed by atoms with van der Waals surface area (Å²) in [7, 11) is 0. The fraction of sp³-hybridized carbons (Fsp3) is 0.111. The maximum absolute atomic E-state index is 12.8. The third kappa shape index (κ3) is 4.91. The van der Waals surface area contributed by atoms with Crippen molar-refractivity contribution in [2.75, 3.05) is 5.32 Å². The van der Waals surface area contributed by atoms with Crippen molar-refractivity contribution in [1.82, 2.24) is 4.90 Å². The minimum atomic E-state index is -0.334. The Labute approximate surface area is 182 Å². The third-order valence-corrected chi connectivity index (χ3v) is 5.12. The third-order valence-electron chi connectivity index (χ3n) is 5.12. The van der Waals surface area contributed by atoms with Gasteiger partial charge >= 0.3 is 0 Å². The van der Waals surface area contributed by atoms with Gasteiger partial charge in [0.1, 0.15) is 0 Å². The first-order valence-corrected chi connectivity index (χ1v) is 10.1. The van der Waals surface area contributed by atoms with Crippen LogP contribution in [0.2, 0.25) is 0 Å². The van der Waals surface area contributed by atoms with Gasteiger partial charge in [0.2, 0.25) is 11.8 Å². The number of amides is 2. The summed E-state index contributed by atoms with van der Waals surface area (Å²) in [5, 5.41) is 2.95. The Balaban J connectivity index is 1.49. The van der Waals surface area contributed by atoms with E-state index in [1.54, 1.807) is 11.1 Å². The van der Waals surface area contributed by atoms with Gasteiger partial charge in [-0.15, -0.1) is 0 Å². The molecule has 1 heterocycles. The van der Waals surface area contributed by atoms with Crippen LogP contribution < -0.4 is 5.32 Å². The van der Waals surface area contributed by atoms with E-state index in [1.807, 2.05) is 84.9 Å². The smallest absolute Gasteiger partial charge is 0.226 e. The van der Waals surface area contributed by atoms with E-state index in [4.69, 9.17) is 0 Å². The van der Waals surface area contributed by atoms with Gasteiger partial charge in [-0.05, 0) is 47.5 Å².